The molecule has 1 atom stereocenters. The van der Waals surface area contributed by atoms with Gasteiger partial charge in [-0.3, -0.25) is 30.1 Å². The Bertz CT molecular complexity index is 1100. The van der Waals surface area contributed by atoms with Gasteiger partial charge in [0.05, 0.1) is 12.1 Å². The molecule has 0 saturated heterocycles. The molecular weight excluding hydrogens is 444 g/mol. The number of nitrogens with one attached hydrogen (secondary N) is 2. The third-order valence-electron chi connectivity index (χ3n) is 5.67. The number of pyridine rings is 1. The first-order chi connectivity index (χ1) is 16.7. The number of imide groups is 1. The van der Waals surface area contributed by atoms with Gasteiger partial charge in [-0.1, -0.05) is 36.4 Å². The van der Waals surface area contributed by atoms with E-state index in [0.29, 0.717) is 19.4 Å². The van der Waals surface area contributed by atoms with Crippen molar-refractivity contribution in [3.8, 4) is 0 Å². The van der Waals surface area contributed by atoms with Crippen LogP contribution in [0.4, 0.5) is 0 Å². The highest BCUT2D eigenvalue weighted by molar-refractivity contribution is 6.02. The van der Waals surface area contributed by atoms with Gasteiger partial charge in [-0.2, -0.15) is 9.89 Å². The molecule has 2 heterocycles. The lowest BCUT2D eigenvalue weighted by Gasteiger charge is -2.27. The molecule has 2 aromatic heterocycles. The molecule has 0 aliphatic heterocycles. The van der Waals surface area contributed by atoms with E-state index in [1.54, 1.807) is 50.5 Å². The zero-order valence-corrected chi connectivity index (χ0v) is 20.3. The highest BCUT2D eigenvalue weighted by Gasteiger charge is 2.32. The van der Waals surface area contributed by atoms with Gasteiger partial charge in [0.2, 0.25) is 11.8 Å². The summed E-state index contributed by atoms with van der Waals surface area (Å²) < 4.78 is 0. The number of hydrogen-bond acceptors (Lipinski definition) is 6. The molecule has 2 N–H and O–H groups in total. The van der Waals surface area contributed by atoms with Crippen molar-refractivity contribution in [2.75, 3.05) is 19.0 Å². The van der Waals surface area contributed by atoms with Gasteiger partial charge < -0.3 is 4.90 Å². The number of rotatable bonds is 11. The van der Waals surface area contributed by atoms with E-state index in [0.717, 1.165) is 11.3 Å². The SMILES string of the molecule is CN(CCc1ccccn1)C(=O)C[C@@H](Cc1ccccc1)C(=O)NC(=O)C(C)(C)Nn1cccn1. The van der Waals surface area contributed by atoms with Gasteiger partial charge in [-0.05, 0) is 44.0 Å². The third-order valence-corrected chi connectivity index (χ3v) is 5.67. The lowest BCUT2D eigenvalue weighted by Crippen LogP contribution is -2.54. The molecule has 0 spiro atoms. The van der Waals surface area contributed by atoms with Crippen LogP contribution in [-0.2, 0) is 27.2 Å². The zero-order valence-electron chi connectivity index (χ0n) is 20.3. The summed E-state index contributed by atoms with van der Waals surface area (Å²) in [4.78, 5) is 46.4. The summed E-state index contributed by atoms with van der Waals surface area (Å²) in [6, 6.07) is 16.8. The van der Waals surface area contributed by atoms with E-state index in [2.05, 4.69) is 20.8 Å². The number of carbonyl (C=O) groups is 3. The van der Waals surface area contributed by atoms with Crippen LogP contribution < -0.4 is 10.7 Å². The van der Waals surface area contributed by atoms with Crippen LogP contribution >= 0.6 is 0 Å². The van der Waals surface area contributed by atoms with Crippen molar-refractivity contribution in [3.63, 3.8) is 0 Å². The van der Waals surface area contributed by atoms with Crippen LogP contribution in [0.5, 0.6) is 0 Å². The summed E-state index contributed by atoms with van der Waals surface area (Å²) >= 11 is 0. The van der Waals surface area contributed by atoms with E-state index in [1.165, 1.54) is 4.79 Å². The monoisotopic (exact) mass is 476 g/mol. The maximum absolute atomic E-state index is 13.2. The molecule has 0 aliphatic rings. The van der Waals surface area contributed by atoms with Crippen LogP contribution in [0, 0.1) is 5.92 Å². The van der Waals surface area contributed by atoms with Gasteiger partial charge in [0.15, 0.2) is 0 Å². The molecule has 9 nitrogen and oxygen atoms in total. The number of hydrogen-bond donors (Lipinski definition) is 2. The second kappa shape index (κ2) is 11.9. The van der Waals surface area contributed by atoms with Crippen molar-refractivity contribution in [3.05, 3.63) is 84.4 Å². The van der Waals surface area contributed by atoms with E-state index in [4.69, 9.17) is 0 Å². The number of carbonyl (C=O) groups excluding carboxylic acids is 3. The fourth-order valence-corrected chi connectivity index (χ4v) is 3.52. The Balaban J connectivity index is 1.65. The summed E-state index contributed by atoms with van der Waals surface area (Å²) in [6.45, 7) is 3.79. The Kier molecular flexibility index (Phi) is 8.72. The molecule has 35 heavy (non-hydrogen) atoms. The van der Waals surface area contributed by atoms with E-state index >= 15 is 0 Å². The normalized spacial score (nSPS) is 12.0. The highest BCUT2D eigenvalue weighted by atomic mass is 16.2. The molecule has 184 valence electrons. The van der Waals surface area contributed by atoms with Gasteiger partial charge >= 0.3 is 0 Å². The second-order valence-corrected chi connectivity index (χ2v) is 8.98. The summed E-state index contributed by atoms with van der Waals surface area (Å²) in [5.41, 5.74) is 3.64. The smallest absolute Gasteiger partial charge is 0.253 e. The summed E-state index contributed by atoms with van der Waals surface area (Å²) in [7, 11) is 1.71. The summed E-state index contributed by atoms with van der Waals surface area (Å²) in [5.74, 6) is -1.86. The first kappa shape index (κ1) is 25.6. The predicted molar refractivity (Wildman–Crippen MR) is 133 cm³/mol. The minimum absolute atomic E-state index is 0.0141. The number of nitrogens with zero attached hydrogens (tertiary/aromatic N) is 4. The molecular formula is C26H32N6O3. The Morgan fingerprint density at radius 3 is 2.43 bits per heavy atom. The van der Waals surface area contributed by atoms with Crippen LogP contribution in [-0.4, -0.2) is 56.6 Å². The van der Waals surface area contributed by atoms with Crippen molar-refractivity contribution < 1.29 is 14.4 Å². The average molecular weight is 477 g/mol. The van der Waals surface area contributed by atoms with Gasteiger partial charge in [-0.25, -0.2) is 0 Å². The third kappa shape index (κ3) is 7.77. The summed E-state index contributed by atoms with van der Waals surface area (Å²) in [6.07, 6.45) is 5.90. The molecule has 0 fully saturated rings. The first-order valence-electron chi connectivity index (χ1n) is 11.6. The van der Waals surface area contributed by atoms with E-state index < -0.39 is 23.3 Å². The van der Waals surface area contributed by atoms with E-state index in [1.807, 2.05) is 48.5 Å². The highest BCUT2D eigenvalue weighted by Crippen LogP contribution is 2.16. The molecule has 1 aromatic carbocycles. The Labute approximate surface area is 205 Å². The van der Waals surface area contributed by atoms with Crippen LogP contribution in [0.15, 0.2) is 73.2 Å². The van der Waals surface area contributed by atoms with Crippen molar-refractivity contribution in [2.24, 2.45) is 5.92 Å². The molecule has 3 amide bonds. The van der Waals surface area contributed by atoms with Gasteiger partial charge in [0.1, 0.15) is 5.54 Å². The molecule has 0 unspecified atom stereocenters. The lowest BCUT2D eigenvalue weighted by atomic mass is 9.94. The quantitative estimate of drug-likeness (QED) is 0.439. The van der Waals surface area contributed by atoms with Crippen molar-refractivity contribution >= 4 is 17.7 Å². The Hall–Kier alpha value is -4.01. The fourth-order valence-electron chi connectivity index (χ4n) is 3.52. The number of benzene rings is 1. The van der Waals surface area contributed by atoms with E-state index in [-0.39, 0.29) is 12.3 Å². The zero-order chi connectivity index (χ0) is 25.3. The largest absolute Gasteiger partial charge is 0.345 e. The van der Waals surface area contributed by atoms with Crippen LogP contribution in [0.1, 0.15) is 31.5 Å². The predicted octanol–water partition coefficient (Wildman–Crippen LogP) is 2.19. The number of aromatic nitrogens is 3. The Morgan fingerprint density at radius 2 is 1.77 bits per heavy atom. The number of likely N-dealkylation sites (N-methyl/N-ethyl adjacent to an activating group) is 1. The molecule has 0 saturated carbocycles. The van der Waals surface area contributed by atoms with Crippen molar-refractivity contribution in [2.45, 2.75) is 38.6 Å². The van der Waals surface area contributed by atoms with Crippen molar-refractivity contribution in [1.82, 2.24) is 25.1 Å². The van der Waals surface area contributed by atoms with Gasteiger partial charge in [0, 0.05) is 44.5 Å². The number of amides is 3. The second-order valence-electron chi connectivity index (χ2n) is 8.98. The minimum atomic E-state index is -1.11. The Morgan fingerprint density at radius 1 is 1.03 bits per heavy atom. The van der Waals surface area contributed by atoms with Crippen LogP contribution in [0.3, 0.4) is 0 Å². The van der Waals surface area contributed by atoms with Gasteiger partial charge in [0.25, 0.3) is 5.91 Å². The first-order valence-corrected chi connectivity index (χ1v) is 11.6. The summed E-state index contributed by atoms with van der Waals surface area (Å²) in [5, 5.41) is 6.53. The topological polar surface area (TPSA) is 109 Å². The maximum atomic E-state index is 13.2. The fraction of sp³-hybridized carbons (Fsp3) is 0.346. The molecule has 0 radical (unpaired) electrons. The van der Waals surface area contributed by atoms with Crippen LogP contribution in [0.2, 0.25) is 0 Å². The van der Waals surface area contributed by atoms with E-state index in [9.17, 15) is 14.4 Å². The molecule has 0 bridgehead atoms. The average Bonchev–Trinajstić information content (AvgIpc) is 3.35. The van der Waals surface area contributed by atoms with Crippen LogP contribution in [0.25, 0.3) is 0 Å². The molecule has 0 aliphatic carbocycles. The standard InChI is InChI=1S/C26H32N6O3/c1-26(2,30-32-16-9-15-28-32)25(35)29-24(34)21(18-20-10-5-4-6-11-20)19-23(33)31(3)17-13-22-12-7-8-14-27-22/h4-12,14-16,21,30H,13,17-19H2,1-3H3,(H,29,34,35)/t21-/m1/s1. The van der Waals surface area contributed by atoms with Crippen molar-refractivity contribution in [1.29, 1.82) is 0 Å². The molecule has 9 heteroatoms. The minimum Gasteiger partial charge on any atom is -0.345 e. The maximum Gasteiger partial charge on any atom is 0.253 e. The molecule has 3 rings (SSSR count). The van der Waals surface area contributed by atoms with Gasteiger partial charge in [-0.15, -0.1) is 0 Å². The molecule has 3 aromatic rings. The lowest BCUT2D eigenvalue weighted by molar-refractivity contribution is -0.139.